The Kier molecular flexibility index (Phi) is 3.63. The lowest BCUT2D eigenvalue weighted by Crippen LogP contribution is -2.56. The van der Waals surface area contributed by atoms with Gasteiger partial charge in [-0.25, -0.2) is 4.39 Å². The maximum absolute atomic E-state index is 13.7. The molecule has 1 aromatic rings. The molecule has 4 nitrogen and oxygen atoms in total. The smallest absolute Gasteiger partial charge is 0.249 e. The van der Waals surface area contributed by atoms with Gasteiger partial charge in [0.25, 0.3) is 0 Å². The van der Waals surface area contributed by atoms with E-state index in [1.54, 1.807) is 25.1 Å². The Morgan fingerprint density at radius 1 is 1.56 bits per heavy atom. The lowest BCUT2D eigenvalue weighted by Gasteiger charge is -2.30. The van der Waals surface area contributed by atoms with Gasteiger partial charge in [-0.05, 0) is 25.5 Å². The number of carbonyl (C=O) groups excluding carboxylic acids is 1. The molecular formula is C13H17FN2O2. The first-order valence-corrected chi connectivity index (χ1v) is 6.01. The number of hydrogen-bond donors (Lipinski definition) is 1. The molecule has 1 saturated heterocycles. The number of nitrogens with two attached hydrogens (primary N) is 1. The van der Waals surface area contributed by atoms with E-state index in [1.807, 2.05) is 0 Å². The van der Waals surface area contributed by atoms with E-state index in [4.69, 9.17) is 10.5 Å². The predicted molar refractivity (Wildman–Crippen MR) is 66.8 cm³/mol. The van der Waals surface area contributed by atoms with Crippen LogP contribution in [-0.4, -0.2) is 31.2 Å². The SMILES string of the molecule is CCN(C(=O)C1(N)CCOC1)c1ccccc1F. The Labute approximate surface area is 106 Å². The molecule has 2 rings (SSSR count). The van der Waals surface area contributed by atoms with Crippen LogP contribution in [0.25, 0.3) is 0 Å². The van der Waals surface area contributed by atoms with E-state index in [0.717, 1.165) is 0 Å². The largest absolute Gasteiger partial charge is 0.379 e. The summed E-state index contributed by atoms with van der Waals surface area (Å²) >= 11 is 0. The molecule has 0 saturated carbocycles. The third-order valence-electron chi connectivity index (χ3n) is 3.18. The first kappa shape index (κ1) is 13.0. The summed E-state index contributed by atoms with van der Waals surface area (Å²) in [7, 11) is 0. The summed E-state index contributed by atoms with van der Waals surface area (Å²) in [5.41, 5.74) is 5.26. The summed E-state index contributed by atoms with van der Waals surface area (Å²) in [4.78, 5) is 13.8. The minimum atomic E-state index is -1.03. The normalized spacial score (nSPS) is 23.1. The van der Waals surface area contributed by atoms with Crippen LogP contribution in [0.5, 0.6) is 0 Å². The average molecular weight is 252 g/mol. The van der Waals surface area contributed by atoms with Gasteiger partial charge in [0, 0.05) is 13.2 Å². The van der Waals surface area contributed by atoms with E-state index in [-0.39, 0.29) is 18.2 Å². The number of nitrogens with zero attached hydrogens (tertiary/aromatic N) is 1. The van der Waals surface area contributed by atoms with Crippen molar-refractivity contribution in [3.8, 4) is 0 Å². The third kappa shape index (κ3) is 2.23. The number of para-hydroxylation sites is 1. The Bertz CT molecular complexity index is 444. The number of carbonyl (C=O) groups is 1. The fourth-order valence-corrected chi connectivity index (χ4v) is 2.11. The van der Waals surface area contributed by atoms with Gasteiger partial charge in [-0.1, -0.05) is 12.1 Å². The highest BCUT2D eigenvalue weighted by Gasteiger charge is 2.41. The average Bonchev–Trinajstić information content (AvgIpc) is 2.81. The first-order valence-electron chi connectivity index (χ1n) is 6.01. The molecule has 1 amide bonds. The van der Waals surface area contributed by atoms with E-state index in [1.165, 1.54) is 11.0 Å². The minimum Gasteiger partial charge on any atom is -0.379 e. The maximum atomic E-state index is 13.7. The first-order chi connectivity index (χ1) is 8.58. The number of halogens is 1. The van der Waals surface area contributed by atoms with Crippen molar-refractivity contribution < 1.29 is 13.9 Å². The molecule has 1 aliphatic heterocycles. The Morgan fingerprint density at radius 3 is 2.83 bits per heavy atom. The van der Waals surface area contributed by atoms with E-state index in [0.29, 0.717) is 19.6 Å². The third-order valence-corrected chi connectivity index (χ3v) is 3.18. The fraction of sp³-hybridized carbons (Fsp3) is 0.462. The number of ether oxygens (including phenoxy) is 1. The Balaban J connectivity index is 2.29. The van der Waals surface area contributed by atoms with Crippen molar-refractivity contribution in [1.29, 1.82) is 0 Å². The molecule has 1 atom stereocenters. The number of rotatable bonds is 3. The molecular weight excluding hydrogens is 235 g/mol. The van der Waals surface area contributed by atoms with Crippen LogP contribution in [0.15, 0.2) is 24.3 Å². The van der Waals surface area contributed by atoms with Gasteiger partial charge in [-0.15, -0.1) is 0 Å². The molecule has 0 aromatic heterocycles. The Morgan fingerprint density at radius 2 is 2.28 bits per heavy atom. The van der Waals surface area contributed by atoms with Crippen LogP contribution >= 0.6 is 0 Å². The van der Waals surface area contributed by atoms with E-state index < -0.39 is 11.4 Å². The van der Waals surface area contributed by atoms with Gasteiger partial charge in [0.2, 0.25) is 5.91 Å². The van der Waals surface area contributed by atoms with E-state index in [2.05, 4.69) is 0 Å². The van der Waals surface area contributed by atoms with Crippen LogP contribution in [0.1, 0.15) is 13.3 Å². The number of hydrogen-bond acceptors (Lipinski definition) is 3. The number of benzene rings is 1. The van der Waals surface area contributed by atoms with Crippen LogP contribution in [0, 0.1) is 5.82 Å². The molecule has 98 valence electrons. The number of likely N-dealkylation sites (N-methyl/N-ethyl adjacent to an activating group) is 1. The summed E-state index contributed by atoms with van der Waals surface area (Å²) in [6.07, 6.45) is 0.469. The summed E-state index contributed by atoms with van der Waals surface area (Å²) in [5, 5.41) is 0. The van der Waals surface area contributed by atoms with Gasteiger partial charge in [0.1, 0.15) is 11.4 Å². The van der Waals surface area contributed by atoms with Gasteiger partial charge >= 0.3 is 0 Å². The molecule has 0 spiro atoms. The van der Waals surface area contributed by atoms with E-state index >= 15 is 0 Å². The van der Waals surface area contributed by atoms with Crippen molar-refractivity contribution in [3.05, 3.63) is 30.1 Å². The molecule has 1 aliphatic rings. The Hall–Kier alpha value is -1.46. The molecule has 0 bridgehead atoms. The second kappa shape index (κ2) is 5.04. The zero-order valence-corrected chi connectivity index (χ0v) is 10.4. The van der Waals surface area contributed by atoms with Gasteiger partial charge in [-0.2, -0.15) is 0 Å². The van der Waals surface area contributed by atoms with E-state index in [9.17, 15) is 9.18 Å². The topological polar surface area (TPSA) is 55.6 Å². The lowest BCUT2D eigenvalue weighted by atomic mass is 9.98. The van der Waals surface area contributed by atoms with Crippen LogP contribution in [-0.2, 0) is 9.53 Å². The lowest BCUT2D eigenvalue weighted by molar-refractivity contribution is -0.123. The van der Waals surface area contributed by atoms with Crippen LogP contribution < -0.4 is 10.6 Å². The molecule has 2 N–H and O–H groups in total. The van der Waals surface area contributed by atoms with Gasteiger partial charge in [0.05, 0.1) is 12.3 Å². The molecule has 0 aliphatic carbocycles. The highest BCUT2D eigenvalue weighted by atomic mass is 19.1. The van der Waals surface area contributed by atoms with Crippen molar-refractivity contribution in [2.75, 3.05) is 24.7 Å². The van der Waals surface area contributed by atoms with Gasteiger partial charge in [0.15, 0.2) is 0 Å². The number of anilines is 1. The van der Waals surface area contributed by atoms with Crippen LogP contribution in [0.4, 0.5) is 10.1 Å². The second-order valence-corrected chi connectivity index (χ2v) is 4.46. The molecule has 0 radical (unpaired) electrons. The molecule has 18 heavy (non-hydrogen) atoms. The summed E-state index contributed by atoms with van der Waals surface area (Å²) in [5.74, 6) is -0.706. The van der Waals surface area contributed by atoms with Crippen molar-refractivity contribution in [2.24, 2.45) is 5.73 Å². The standard InChI is InChI=1S/C13H17FN2O2/c1-2-16(11-6-4-3-5-10(11)14)12(17)13(15)7-8-18-9-13/h3-6H,2,7-9,15H2,1H3. The summed E-state index contributed by atoms with van der Waals surface area (Å²) in [6.45, 7) is 2.83. The van der Waals surface area contributed by atoms with Crippen molar-refractivity contribution >= 4 is 11.6 Å². The van der Waals surface area contributed by atoms with Crippen molar-refractivity contribution in [1.82, 2.24) is 0 Å². The molecule has 5 heteroatoms. The second-order valence-electron chi connectivity index (χ2n) is 4.46. The van der Waals surface area contributed by atoms with Gasteiger partial charge < -0.3 is 15.4 Å². The molecule has 1 aromatic carbocycles. The number of amides is 1. The van der Waals surface area contributed by atoms with Gasteiger partial charge in [-0.3, -0.25) is 4.79 Å². The van der Waals surface area contributed by atoms with Crippen LogP contribution in [0.3, 0.4) is 0 Å². The highest BCUT2D eigenvalue weighted by molar-refractivity contribution is 6.00. The monoisotopic (exact) mass is 252 g/mol. The molecule has 1 heterocycles. The quantitative estimate of drug-likeness (QED) is 0.882. The molecule has 1 fully saturated rings. The maximum Gasteiger partial charge on any atom is 0.249 e. The summed E-state index contributed by atoms with van der Waals surface area (Å²) < 4.78 is 18.9. The predicted octanol–water partition coefficient (Wildman–Crippen LogP) is 1.30. The highest BCUT2D eigenvalue weighted by Crippen LogP contribution is 2.24. The van der Waals surface area contributed by atoms with Crippen molar-refractivity contribution in [3.63, 3.8) is 0 Å². The fourth-order valence-electron chi connectivity index (χ4n) is 2.11. The molecule has 1 unspecified atom stereocenters. The van der Waals surface area contributed by atoms with Crippen molar-refractivity contribution in [2.45, 2.75) is 18.9 Å². The zero-order valence-electron chi connectivity index (χ0n) is 10.4. The minimum absolute atomic E-state index is 0.191. The van der Waals surface area contributed by atoms with Crippen LogP contribution in [0.2, 0.25) is 0 Å². The summed E-state index contributed by atoms with van der Waals surface area (Å²) in [6, 6.07) is 6.20. The zero-order chi connectivity index (χ0) is 13.2.